The predicted molar refractivity (Wildman–Crippen MR) is 124 cm³/mol. The standard InChI is InChI=1S/C25H27NO8/c1-8-21(27)30-15-9-11-17-19(13-15)32-20-14-16(31-23(29)34-25(5,6)7)10-12-18(20)26(17)22(28)33-24(2,3)4/h8-14H,1H2,2-7H3. The van der Waals surface area contributed by atoms with Gasteiger partial charge in [0.15, 0.2) is 11.5 Å². The summed E-state index contributed by atoms with van der Waals surface area (Å²) in [7, 11) is 0. The van der Waals surface area contributed by atoms with Crippen molar-refractivity contribution >= 4 is 29.6 Å². The number of nitrogens with zero attached hydrogens (tertiary/aromatic N) is 1. The highest BCUT2D eigenvalue weighted by molar-refractivity contribution is 6.01. The first kappa shape index (κ1) is 24.6. The fraction of sp³-hybridized carbons (Fsp3) is 0.320. The molecule has 9 nitrogen and oxygen atoms in total. The lowest BCUT2D eigenvalue weighted by atomic mass is 10.1. The van der Waals surface area contributed by atoms with Crippen LogP contribution in [0.2, 0.25) is 0 Å². The number of hydrogen-bond donors (Lipinski definition) is 0. The molecule has 0 fully saturated rings. The summed E-state index contributed by atoms with van der Waals surface area (Å²) in [6.45, 7) is 13.8. The summed E-state index contributed by atoms with van der Waals surface area (Å²) in [5.41, 5.74) is -0.738. The third kappa shape index (κ3) is 6.06. The summed E-state index contributed by atoms with van der Waals surface area (Å²) in [6.07, 6.45) is -0.496. The highest BCUT2D eigenvalue weighted by atomic mass is 16.7. The van der Waals surface area contributed by atoms with E-state index in [1.165, 1.54) is 29.2 Å². The van der Waals surface area contributed by atoms with Gasteiger partial charge in [-0.3, -0.25) is 0 Å². The first-order valence-corrected chi connectivity index (χ1v) is 10.5. The molecule has 0 radical (unpaired) electrons. The van der Waals surface area contributed by atoms with Crippen molar-refractivity contribution in [1.82, 2.24) is 0 Å². The summed E-state index contributed by atoms with van der Waals surface area (Å²) in [4.78, 5) is 38.1. The van der Waals surface area contributed by atoms with Crippen LogP contribution in [-0.4, -0.2) is 29.4 Å². The maximum absolute atomic E-state index is 13.1. The molecule has 1 amide bonds. The summed E-state index contributed by atoms with van der Waals surface area (Å²) >= 11 is 0. The third-order valence-electron chi connectivity index (χ3n) is 4.12. The van der Waals surface area contributed by atoms with Crippen molar-refractivity contribution in [2.45, 2.75) is 52.7 Å². The monoisotopic (exact) mass is 469 g/mol. The number of rotatable bonds is 3. The number of carbonyl (C=O) groups excluding carboxylic acids is 3. The van der Waals surface area contributed by atoms with Gasteiger partial charge < -0.3 is 23.7 Å². The van der Waals surface area contributed by atoms with Crippen LogP contribution in [-0.2, 0) is 14.3 Å². The van der Waals surface area contributed by atoms with E-state index in [1.54, 1.807) is 53.7 Å². The van der Waals surface area contributed by atoms with Crippen molar-refractivity contribution in [3.8, 4) is 23.0 Å². The van der Waals surface area contributed by atoms with Crippen LogP contribution in [0, 0.1) is 0 Å². The van der Waals surface area contributed by atoms with E-state index in [2.05, 4.69) is 6.58 Å². The van der Waals surface area contributed by atoms with Gasteiger partial charge in [-0.2, -0.15) is 0 Å². The summed E-state index contributed by atoms with van der Waals surface area (Å²) < 4.78 is 27.1. The van der Waals surface area contributed by atoms with Crippen LogP contribution >= 0.6 is 0 Å². The molecule has 0 spiro atoms. The first-order valence-electron chi connectivity index (χ1n) is 10.5. The Kier molecular flexibility index (Phi) is 6.58. The molecule has 34 heavy (non-hydrogen) atoms. The molecule has 0 saturated carbocycles. The normalized spacial score (nSPS) is 12.5. The van der Waals surface area contributed by atoms with E-state index in [1.807, 2.05) is 0 Å². The van der Waals surface area contributed by atoms with Gasteiger partial charge in [0.1, 0.15) is 22.7 Å². The van der Waals surface area contributed by atoms with Crippen molar-refractivity contribution in [2.24, 2.45) is 0 Å². The van der Waals surface area contributed by atoms with E-state index < -0.39 is 29.4 Å². The summed E-state index contributed by atoms with van der Waals surface area (Å²) in [6, 6.07) is 9.06. The van der Waals surface area contributed by atoms with Crippen LogP contribution in [0.25, 0.3) is 0 Å². The molecule has 0 N–H and O–H groups in total. The largest absolute Gasteiger partial charge is 0.514 e. The summed E-state index contributed by atoms with van der Waals surface area (Å²) in [5.74, 6) is 0.134. The molecule has 9 heteroatoms. The molecule has 0 saturated heterocycles. The van der Waals surface area contributed by atoms with Gasteiger partial charge in [-0.1, -0.05) is 6.58 Å². The van der Waals surface area contributed by atoms with Crippen LogP contribution in [0.15, 0.2) is 49.1 Å². The van der Waals surface area contributed by atoms with E-state index in [4.69, 9.17) is 23.7 Å². The smallest absolute Gasteiger partial charge is 0.453 e. The van der Waals surface area contributed by atoms with Gasteiger partial charge in [0.25, 0.3) is 0 Å². The topological polar surface area (TPSA) is 101 Å². The minimum atomic E-state index is -0.883. The Hall–Kier alpha value is -4.01. The van der Waals surface area contributed by atoms with Crippen LogP contribution in [0.5, 0.6) is 23.0 Å². The Morgan fingerprint density at radius 3 is 1.79 bits per heavy atom. The summed E-state index contributed by atoms with van der Waals surface area (Å²) in [5, 5.41) is 0. The quantitative estimate of drug-likeness (QED) is 0.224. The van der Waals surface area contributed by atoms with Crippen molar-refractivity contribution < 1.29 is 38.1 Å². The Morgan fingerprint density at radius 1 is 0.824 bits per heavy atom. The molecule has 1 heterocycles. The number of esters is 1. The number of carbonyl (C=O) groups is 3. The van der Waals surface area contributed by atoms with Gasteiger partial charge in [-0.05, 0) is 65.8 Å². The van der Waals surface area contributed by atoms with Gasteiger partial charge in [-0.15, -0.1) is 0 Å². The SMILES string of the molecule is C=CC(=O)Oc1ccc2c(c1)Oc1cc(OC(=O)OC(C)(C)C)ccc1N2C(=O)OC(C)(C)C. The average molecular weight is 469 g/mol. The van der Waals surface area contributed by atoms with Gasteiger partial charge in [0.05, 0.1) is 11.4 Å². The minimum absolute atomic E-state index is 0.148. The van der Waals surface area contributed by atoms with E-state index in [0.29, 0.717) is 11.4 Å². The predicted octanol–water partition coefficient (Wildman–Crippen LogP) is 6.27. The lowest BCUT2D eigenvalue weighted by Gasteiger charge is -2.33. The first-order chi connectivity index (χ1) is 15.8. The Morgan fingerprint density at radius 2 is 1.32 bits per heavy atom. The van der Waals surface area contributed by atoms with E-state index in [0.717, 1.165) is 6.08 Å². The van der Waals surface area contributed by atoms with Crippen molar-refractivity contribution in [3.05, 3.63) is 49.1 Å². The molecule has 0 bridgehead atoms. The van der Waals surface area contributed by atoms with Crippen LogP contribution in [0.4, 0.5) is 21.0 Å². The molecule has 0 aromatic heterocycles. The molecule has 0 unspecified atom stereocenters. The van der Waals surface area contributed by atoms with Crippen molar-refractivity contribution in [1.29, 1.82) is 0 Å². The van der Waals surface area contributed by atoms with Gasteiger partial charge >= 0.3 is 18.2 Å². The Balaban J connectivity index is 2.00. The number of hydrogen-bond acceptors (Lipinski definition) is 8. The van der Waals surface area contributed by atoms with Crippen molar-refractivity contribution in [3.63, 3.8) is 0 Å². The molecule has 2 aromatic rings. The molecule has 180 valence electrons. The highest BCUT2D eigenvalue weighted by Gasteiger charge is 2.33. The third-order valence-corrected chi connectivity index (χ3v) is 4.12. The number of anilines is 2. The molecule has 1 aliphatic heterocycles. The zero-order valence-corrected chi connectivity index (χ0v) is 20.0. The molecular weight excluding hydrogens is 442 g/mol. The maximum atomic E-state index is 13.1. The average Bonchev–Trinajstić information content (AvgIpc) is 2.68. The van der Waals surface area contributed by atoms with Crippen molar-refractivity contribution in [2.75, 3.05) is 4.90 Å². The number of amides is 1. The second kappa shape index (κ2) is 9.09. The van der Waals surface area contributed by atoms with E-state index in [-0.39, 0.29) is 23.0 Å². The lowest BCUT2D eigenvalue weighted by Crippen LogP contribution is -2.35. The van der Waals surface area contributed by atoms with Crippen LogP contribution in [0.3, 0.4) is 0 Å². The molecule has 1 aliphatic rings. The molecule has 0 aliphatic carbocycles. The fourth-order valence-corrected chi connectivity index (χ4v) is 2.93. The number of fused-ring (bicyclic) bond motifs is 2. The van der Waals surface area contributed by atoms with Gasteiger partial charge in [0, 0.05) is 18.2 Å². The minimum Gasteiger partial charge on any atom is -0.453 e. The van der Waals surface area contributed by atoms with E-state index in [9.17, 15) is 14.4 Å². The van der Waals surface area contributed by atoms with Crippen LogP contribution in [0.1, 0.15) is 41.5 Å². The van der Waals surface area contributed by atoms with Gasteiger partial charge in [-0.25, -0.2) is 19.3 Å². The zero-order valence-electron chi connectivity index (χ0n) is 20.0. The second-order valence-corrected chi connectivity index (χ2v) is 9.37. The molecular formula is C25H27NO8. The highest BCUT2D eigenvalue weighted by Crippen LogP contribution is 2.49. The lowest BCUT2D eigenvalue weighted by molar-refractivity contribution is -0.128. The van der Waals surface area contributed by atoms with Gasteiger partial charge in [0.2, 0.25) is 0 Å². The zero-order chi connectivity index (χ0) is 25.3. The molecule has 2 aromatic carbocycles. The van der Waals surface area contributed by atoms with Crippen LogP contribution < -0.4 is 19.1 Å². The molecule has 3 rings (SSSR count). The number of benzene rings is 2. The number of ether oxygens (including phenoxy) is 5. The molecule has 0 atom stereocenters. The maximum Gasteiger partial charge on any atom is 0.514 e. The Bertz CT molecular complexity index is 1140. The second-order valence-electron chi connectivity index (χ2n) is 9.37. The Labute approximate surface area is 197 Å². The van der Waals surface area contributed by atoms with E-state index >= 15 is 0 Å². The fourth-order valence-electron chi connectivity index (χ4n) is 2.93.